The molecule has 1 atom stereocenters. The molecule has 0 unspecified atom stereocenters. The summed E-state index contributed by atoms with van der Waals surface area (Å²) in [7, 11) is 0. The second kappa shape index (κ2) is 4.93. The van der Waals surface area contributed by atoms with E-state index in [-0.39, 0.29) is 17.7 Å². The summed E-state index contributed by atoms with van der Waals surface area (Å²) >= 11 is 0. The zero-order valence-electron chi connectivity index (χ0n) is 11.2. The van der Waals surface area contributed by atoms with E-state index in [0.29, 0.717) is 17.7 Å². The number of para-hydroxylation sites is 1. The van der Waals surface area contributed by atoms with Crippen LogP contribution < -0.4 is 4.90 Å². The fourth-order valence-corrected chi connectivity index (χ4v) is 2.80. The van der Waals surface area contributed by atoms with Crippen molar-refractivity contribution >= 4 is 17.4 Å². The van der Waals surface area contributed by atoms with Gasteiger partial charge in [-0.3, -0.25) is 9.59 Å². The molecule has 0 aromatic heterocycles. The number of carbonyl (C=O) groups excluding carboxylic acids is 2. The molecule has 0 fully saturated rings. The topological polar surface area (TPSA) is 37.4 Å². The highest BCUT2D eigenvalue weighted by Crippen LogP contribution is 2.38. The van der Waals surface area contributed by atoms with Crippen molar-refractivity contribution in [3.05, 3.63) is 65.7 Å². The summed E-state index contributed by atoms with van der Waals surface area (Å²) in [6.45, 7) is 1.54. The number of hydrogen-bond donors (Lipinski definition) is 0. The van der Waals surface area contributed by atoms with Gasteiger partial charge in [-0.05, 0) is 17.7 Å². The van der Waals surface area contributed by atoms with E-state index in [4.69, 9.17) is 0 Å². The largest absolute Gasteiger partial charge is 0.304 e. The number of carbonyl (C=O) groups is 2. The van der Waals surface area contributed by atoms with Crippen molar-refractivity contribution in [3.8, 4) is 0 Å². The van der Waals surface area contributed by atoms with Gasteiger partial charge in [-0.1, -0.05) is 42.5 Å². The minimum absolute atomic E-state index is 0.0428. The molecule has 0 spiro atoms. The molecule has 3 heteroatoms. The first-order valence-corrected chi connectivity index (χ1v) is 6.65. The number of anilines is 1. The number of benzene rings is 2. The van der Waals surface area contributed by atoms with Crippen LogP contribution in [0.1, 0.15) is 35.3 Å². The van der Waals surface area contributed by atoms with Crippen LogP contribution in [0.15, 0.2) is 54.6 Å². The van der Waals surface area contributed by atoms with Crippen molar-refractivity contribution in [2.24, 2.45) is 0 Å². The minimum atomic E-state index is -0.212. The Morgan fingerprint density at radius 3 is 2.40 bits per heavy atom. The first kappa shape index (κ1) is 12.6. The second-order valence-corrected chi connectivity index (χ2v) is 4.96. The smallest absolute Gasteiger partial charge is 0.224 e. The van der Waals surface area contributed by atoms with Crippen LogP contribution in [-0.4, -0.2) is 11.7 Å². The number of hydrogen-bond acceptors (Lipinski definition) is 2. The Kier molecular flexibility index (Phi) is 3.11. The van der Waals surface area contributed by atoms with Crippen LogP contribution in [-0.2, 0) is 4.79 Å². The van der Waals surface area contributed by atoms with Crippen molar-refractivity contribution in [2.75, 3.05) is 4.90 Å². The van der Waals surface area contributed by atoms with Gasteiger partial charge in [0.2, 0.25) is 5.91 Å². The molecule has 1 aliphatic heterocycles. The van der Waals surface area contributed by atoms with Crippen LogP contribution in [0.3, 0.4) is 0 Å². The third-order valence-corrected chi connectivity index (χ3v) is 3.68. The Hall–Kier alpha value is -2.42. The predicted molar refractivity (Wildman–Crippen MR) is 77.7 cm³/mol. The summed E-state index contributed by atoms with van der Waals surface area (Å²) in [5.41, 5.74) is 2.34. The molecule has 0 bridgehead atoms. The van der Waals surface area contributed by atoms with E-state index < -0.39 is 0 Å². The molecular weight excluding hydrogens is 250 g/mol. The van der Waals surface area contributed by atoms with E-state index in [1.807, 2.05) is 48.5 Å². The fraction of sp³-hybridized carbons (Fsp3) is 0.176. The molecule has 1 heterocycles. The zero-order chi connectivity index (χ0) is 14.1. The molecule has 0 saturated carbocycles. The van der Waals surface area contributed by atoms with E-state index in [1.54, 1.807) is 17.9 Å². The number of amides is 1. The molecule has 0 N–H and O–H groups in total. The van der Waals surface area contributed by atoms with Gasteiger partial charge in [0.05, 0.1) is 11.7 Å². The van der Waals surface area contributed by atoms with E-state index in [2.05, 4.69) is 0 Å². The number of fused-ring (bicyclic) bond motifs is 1. The maximum Gasteiger partial charge on any atom is 0.224 e. The van der Waals surface area contributed by atoms with E-state index >= 15 is 0 Å². The van der Waals surface area contributed by atoms with Gasteiger partial charge >= 0.3 is 0 Å². The number of Topliss-reactive ketones (excluding diaryl/α,β-unsaturated/α-hetero) is 1. The second-order valence-electron chi connectivity index (χ2n) is 4.96. The van der Waals surface area contributed by atoms with Crippen LogP contribution in [0.5, 0.6) is 0 Å². The molecule has 3 nitrogen and oxygen atoms in total. The molecule has 2 aromatic carbocycles. The van der Waals surface area contributed by atoms with Crippen molar-refractivity contribution < 1.29 is 9.59 Å². The first-order valence-electron chi connectivity index (χ1n) is 6.65. The van der Waals surface area contributed by atoms with Gasteiger partial charge in [0.1, 0.15) is 0 Å². The SMILES string of the molecule is CC(=O)N1c2ccccc2C(=O)C[C@H]1c1ccccc1. The monoisotopic (exact) mass is 265 g/mol. The van der Waals surface area contributed by atoms with Gasteiger partial charge in [-0.15, -0.1) is 0 Å². The summed E-state index contributed by atoms with van der Waals surface area (Å²) in [5.74, 6) is 0.0470. The van der Waals surface area contributed by atoms with Crippen molar-refractivity contribution in [1.82, 2.24) is 0 Å². The summed E-state index contributed by atoms with van der Waals surface area (Å²) in [4.78, 5) is 26.1. The molecule has 2 aromatic rings. The molecule has 1 aliphatic rings. The molecule has 0 saturated heterocycles. The number of ketones is 1. The van der Waals surface area contributed by atoms with Crippen molar-refractivity contribution in [2.45, 2.75) is 19.4 Å². The van der Waals surface area contributed by atoms with Gasteiger partial charge in [-0.2, -0.15) is 0 Å². The zero-order valence-corrected chi connectivity index (χ0v) is 11.2. The summed E-state index contributed by atoms with van der Waals surface area (Å²) in [6, 6.07) is 16.8. The Balaban J connectivity index is 2.14. The average molecular weight is 265 g/mol. The van der Waals surface area contributed by atoms with Crippen LogP contribution >= 0.6 is 0 Å². The van der Waals surface area contributed by atoms with Crippen LogP contribution in [0.25, 0.3) is 0 Å². The highest BCUT2D eigenvalue weighted by atomic mass is 16.2. The van der Waals surface area contributed by atoms with Crippen LogP contribution in [0.4, 0.5) is 5.69 Å². The highest BCUT2D eigenvalue weighted by molar-refractivity contribution is 6.09. The molecule has 3 rings (SSSR count). The molecule has 100 valence electrons. The van der Waals surface area contributed by atoms with Crippen molar-refractivity contribution in [1.29, 1.82) is 0 Å². The molecule has 0 aliphatic carbocycles. The standard InChI is InChI=1S/C17H15NO2/c1-12(19)18-15-10-6-5-9-14(15)17(20)11-16(18)13-7-3-2-4-8-13/h2-10,16H,11H2,1H3/t16-/m0/s1. The Morgan fingerprint density at radius 2 is 1.70 bits per heavy atom. The summed E-state index contributed by atoms with van der Waals surface area (Å²) in [6.07, 6.45) is 0.334. The lowest BCUT2D eigenvalue weighted by molar-refractivity contribution is -0.117. The van der Waals surface area contributed by atoms with Crippen LogP contribution in [0, 0.1) is 0 Å². The lowest BCUT2D eigenvalue weighted by atomic mass is 9.90. The summed E-state index contributed by atoms with van der Waals surface area (Å²) < 4.78 is 0. The van der Waals surface area contributed by atoms with Gasteiger partial charge < -0.3 is 4.90 Å². The number of rotatable bonds is 1. The Morgan fingerprint density at radius 1 is 1.05 bits per heavy atom. The third-order valence-electron chi connectivity index (χ3n) is 3.68. The van der Waals surface area contributed by atoms with Crippen molar-refractivity contribution in [3.63, 3.8) is 0 Å². The van der Waals surface area contributed by atoms with Gasteiger partial charge in [-0.25, -0.2) is 0 Å². The van der Waals surface area contributed by atoms with E-state index in [0.717, 1.165) is 5.56 Å². The van der Waals surface area contributed by atoms with E-state index in [1.165, 1.54) is 0 Å². The van der Waals surface area contributed by atoms with Gasteiger partial charge in [0.15, 0.2) is 5.78 Å². The predicted octanol–water partition coefficient (Wildman–Crippen LogP) is 3.37. The normalized spacial score (nSPS) is 17.8. The minimum Gasteiger partial charge on any atom is -0.304 e. The lowest BCUT2D eigenvalue weighted by Gasteiger charge is -2.36. The maximum atomic E-state index is 12.3. The average Bonchev–Trinajstić information content (AvgIpc) is 2.47. The third kappa shape index (κ3) is 2.01. The fourth-order valence-electron chi connectivity index (χ4n) is 2.80. The maximum absolute atomic E-state index is 12.3. The first-order chi connectivity index (χ1) is 9.68. The van der Waals surface area contributed by atoms with Gasteiger partial charge in [0, 0.05) is 18.9 Å². The molecule has 20 heavy (non-hydrogen) atoms. The van der Waals surface area contributed by atoms with Crippen LogP contribution in [0.2, 0.25) is 0 Å². The Labute approximate surface area is 117 Å². The highest BCUT2D eigenvalue weighted by Gasteiger charge is 2.34. The quantitative estimate of drug-likeness (QED) is 0.792. The molecule has 0 radical (unpaired) electrons. The Bertz CT molecular complexity index is 664. The molecule has 1 amide bonds. The summed E-state index contributed by atoms with van der Waals surface area (Å²) in [5, 5.41) is 0. The van der Waals surface area contributed by atoms with Gasteiger partial charge in [0.25, 0.3) is 0 Å². The van der Waals surface area contributed by atoms with E-state index in [9.17, 15) is 9.59 Å². The lowest BCUT2D eigenvalue weighted by Crippen LogP contribution is -2.38. The number of nitrogens with zero attached hydrogens (tertiary/aromatic N) is 1. The molecular formula is C17H15NO2.